The highest BCUT2D eigenvalue weighted by Crippen LogP contribution is 2.63. The van der Waals surface area contributed by atoms with Crippen LogP contribution in [0.2, 0.25) is 5.02 Å². The summed E-state index contributed by atoms with van der Waals surface area (Å²) in [7, 11) is 0. The molecule has 1 amide bonds. The third-order valence-corrected chi connectivity index (χ3v) is 5.57. The molecule has 4 aliphatic carbocycles. The van der Waals surface area contributed by atoms with E-state index in [0.29, 0.717) is 22.5 Å². The van der Waals surface area contributed by atoms with Crippen molar-refractivity contribution >= 4 is 29.2 Å². The summed E-state index contributed by atoms with van der Waals surface area (Å²) in [6, 6.07) is 6.93. The number of carboxylic acid groups (broad SMARTS) is 1. The van der Waals surface area contributed by atoms with Crippen LogP contribution in [0.5, 0.6) is 0 Å². The number of carbonyl (C=O) groups excluding carboxylic acids is 1. The second-order valence-electron chi connectivity index (χ2n) is 6.49. The highest BCUT2D eigenvalue weighted by molar-refractivity contribution is 6.30. The van der Waals surface area contributed by atoms with Gasteiger partial charge in [0, 0.05) is 10.7 Å². The molecule has 1 aromatic rings. The number of allylic oxidation sites excluding steroid dienone is 2. The number of nitrogens with one attached hydrogen (secondary N) is 1. The van der Waals surface area contributed by atoms with Crippen molar-refractivity contribution in [2.45, 2.75) is 6.42 Å². The molecule has 0 aromatic heterocycles. The van der Waals surface area contributed by atoms with Gasteiger partial charge in [0.15, 0.2) is 0 Å². The van der Waals surface area contributed by atoms with E-state index in [0.717, 1.165) is 6.42 Å². The Hall–Kier alpha value is -1.81. The first-order valence-corrected chi connectivity index (χ1v) is 7.91. The summed E-state index contributed by atoms with van der Waals surface area (Å²) in [4.78, 5) is 24.4. The Labute approximate surface area is 133 Å². The number of carbonyl (C=O) groups is 2. The molecule has 2 N–H and O–H groups in total. The van der Waals surface area contributed by atoms with Gasteiger partial charge in [-0.3, -0.25) is 9.59 Å². The molecule has 0 saturated heterocycles. The van der Waals surface area contributed by atoms with Crippen LogP contribution in [0.3, 0.4) is 0 Å². The third-order valence-electron chi connectivity index (χ3n) is 5.33. The number of carboxylic acids is 1. The topological polar surface area (TPSA) is 66.4 Å². The van der Waals surface area contributed by atoms with Crippen molar-refractivity contribution in [1.29, 1.82) is 0 Å². The molecule has 0 spiro atoms. The van der Waals surface area contributed by atoms with Gasteiger partial charge in [-0.05, 0) is 48.3 Å². The van der Waals surface area contributed by atoms with Gasteiger partial charge in [-0.1, -0.05) is 29.8 Å². The Morgan fingerprint density at radius 3 is 2.45 bits per heavy atom. The molecule has 2 bridgehead atoms. The molecular formula is C17H16ClNO3. The SMILES string of the molecule is O=C(O)[C@@H]1[C@H]2C=C[C@@H]([C@@H]3C[C@H]23)[C@@H]1C(=O)Nc1cccc(Cl)c1. The van der Waals surface area contributed by atoms with Crippen molar-refractivity contribution < 1.29 is 14.7 Å². The molecule has 0 aliphatic heterocycles. The van der Waals surface area contributed by atoms with Gasteiger partial charge in [-0.25, -0.2) is 0 Å². The molecule has 114 valence electrons. The van der Waals surface area contributed by atoms with Gasteiger partial charge < -0.3 is 10.4 Å². The van der Waals surface area contributed by atoms with Gasteiger partial charge in [0.25, 0.3) is 0 Å². The molecule has 5 rings (SSSR count). The maximum absolute atomic E-state index is 12.7. The zero-order chi connectivity index (χ0) is 15.4. The van der Waals surface area contributed by atoms with Gasteiger partial charge >= 0.3 is 5.97 Å². The first-order chi connectivity index (χ1) is 10.6. The Bertz CT molecular complexity index is 686. The van der Waals surface area contributed by atoms with Crippen molar-refractivity contribution in [3.05, 3.63) is 41.4 Å². The fraction of sp³-hybridized carbons (Fsp3) is 0.412. The zero-order valence-electron chi connectivity index (χ0n) is 11.8. The molecule has 6 atom stereocenters. The van der Waals surface area contributed by atoms with E-state index in [1.807, 2.05) is 6.08 Å². The molecule has 0 heterocycles. The van der Waals surface area contributed by atoms with Gasteiger partial charge in [-0.15, -0.1) is 0 Å². The van der Waals surface area contributed by atoms with Crippen molar-refractivity contribution in [3.63, 3.8) is 0 Å². The lowest BCUT2D eigenvalue weighted by Gasteiger charge is -2.41. The van der Waals surface area contributed by atoms with E-state index in [1.54, 1.807) is 24.3 Å². The van der Waals surface area contributed by atoms with Crippen molar-refractivity contribution in [2.24, 2.45) is 35.5 Å². The minimum Gasteiger partial charge on any atom is -0.481 e. The number of anilines is 1. The summed E-state index contributed by atoms with van der Waals surface area (Å²) < 4.78 is 0. The van der Waals surface area contributed by atoms with E-state index >= 15 is 0 Å². The second-order valence-corrected chi connectivity index (χ2v) is 6.93. The Morgan fingerprint density at radius 2 is 1.82 bits per heavy atom. The number of rotatable bonds is 3. The molecule has 2 saturated carbocycles. The van der Waals surface area contributed by atoms with Crippen molar-refractivity contribution in [1.82, 2.24) is 0 Å². The molecule has 22 heavy (non-hydrogen) atoms. The highest BCUT2D eigenvalue weighted by Gasteiger charge is 2.62. The number of aliphatic carboxylic acids is 1. The van der Waals surface area contributed by atoms with Crippen LogP contribution < -0.4 is 5.32 Å². The predicted octanol–water partition coefficient (Wildman–Crippen LogP) is 3.05. The van der Waals surface area contributed by atoms with Crippen LogP contribution in [0, 0.1) is 35.5 Å². The first-order valence-electron chi connectivity index (χ1n) is 7.54. The standard InChI is InChI=1S/C17H16ClNO3/c18-8-2-1-3-9(6-8)19-16(20)14-10-4-5-11(13-7-12(10)13)15(14)17(21)22/h1-6,10-15H,7H2,(H,19,20)(H,21,22)/t10-,11-,12-,13+,14-,15+/m0/s1. The van der Waals surface area contributed by atoms with Crippen molar-refractivity contribution in [3.8, 4) is 0 Å². The largest absolute Gasteiger partial charge is 0.481 e. The van der Waals surface area contributed by atoms with Gasteiger partial charge in [0.1, 0.15) is 0 Å². The number of benzene rings is 1. The second kappa shape index (κ2) is 4.85. The number of hydrogen-bond donors (Lipinski definition) is 2. The monoisotopic (exact) mass is 317 g/mol. The quantitative estimate of drug-likeness (QED) is 0.842. The lowest BCUT2D eigenvalue weighted by molar-refractivity contribution is -0.152. The normalized spacial score (nSPS) is 37.5. The third kappa shape index (κ3) is 2.05. The van der Waals surface area contributed by atoms with E-state index in [-0.39, 0.29) is 17.7 Å². The molecular weight excluding hydrogens is 302 g/mol. The molecule has 0 radical (unpaired) electrons. The van der Waals surface area contributed by atoms with Crippen LogP contribution in [0.25, 0.3) is 0 Å². The van der Waals surface area contributed by atoms with E-state index in [4.69, 9.17) is 11.6 Å². The smallest absolute Gasteiger partial charge is 0.307 e. The summed E-state index contributed by atoms with van der Waals surface area (Å²) in [5, 5.41) is 13.0. The van der Waals surface area contributed by atoms with Crippen LogP contribution >= 0.6 is 11.6 Å². The Balaban J connectivity index is 1.61. The summed E-state index contributed by atoms with van der Waals surface area (Å²) in [6.45, 7) is 0. The van der Waals surface area contributed by atoms with Crippen LogP contribution in [0.4, 0.5) is 5.69 Å². The summed E-state index contributed by atoms with van der Waals surface area (Å²) in [5.74, 6) is -1.17. The zero-order valence-corrected chi connectivity index (χ0v) is 12.5. The fourth-order valence-corrected chi connectivity index (χ4v) is 4.55. The average molecular weight is 318 g/mol. The van der Waals surface area contributed by atoms with Gasteiger partial charge in [0.2, 0.25) is 5.91 Å². The highest BCUT2D eigenvalue weighted by atomic mass is 35.5. The summed E-state index contributed by atoms with van der Waals surface area (Å²) in [5.41, 5.74) is 0.611. The number of fused-ring (bicyclic) bond motifs is 1. The predicted molar refractivity (Wildman–Crippen MR) is 82.4 cm³/mol. The number of hydrogen-bond acceptors (Lipinski definition) is 2. The van der Waals surface area contributed by atoms with Crippen LogP contribution in [-0.2, 0) is 9.59 Å². The fourth-order valence-electron chi connectivity index (χ4n) is 4.36. The molecule has 5 heteroatoms. The van der Waals surface area contributed by atoms with E-state index in [1.165, 1.54) is 0 Å². The molecule has 4 aliphatic rings. The minimum absolute atomic E-state index is 0.00242. The van der Waals surface area contributed by atoms with E-state index in [9.17, 15) is 14.7 Å². The number of halogens is 1. The lowest BCUT2D eigenvalue weighted by Crippen LogP contribution is -2.48. The van der Waals surface area contributed by atoms with Crippen LogP contribution in [0.1, 0.15) is 6.42 Å². The summed E-state index contributed by atoms with van der Waals surface area (Å²) >= 11 is 5.93. The van der Waals surface area contributed by atoms with Crippen molar-refractivity contribution in [2.75, 3.05) is 5.32 Å². The van der Waals surface area contributed by atoms with Gasteiger partial charge in [0.05, 0.1) is 11.8 Å². The molecule has 4 nitrogen and oxygen atoms in total. The van der Waals surface area contributed by atoms with Gasteiger partial charge in [-0.2, -0.15) is 0 Å². The average Bonchev–Trinajstić information content (AvgIpc) is 3.28. The maximum Gasteiger partial charge on any atom is 0.307 e. The lowest BCUT2D eigenvalue weighted by atomic mass is 9.62. The Morgan fingerprint density at radius 1 is 1.14 bits per heavy atom. The van der Waals surface area contributed by atoms with E-state index < -0.39 is 17.8 Å². The minimum atomic E-state index is -0.865. The summed E-state index contributed by atoms with van der Waals surface area (Å²) in [6.07, 6.45) is 5.12. The molecule has 2 fully saturated rings. The van der Waals surface area contributed by atoms with E-state index in [2.05, 4.69) is 11.4 Å². The van der Waals surface area contributed by atoms with Crippen LogP contribution in [-0.4, -0.2) is 17.0 Å². The van der Waals surface area contributed by atoms with Crippen LogP contribution in [0.15, 0.2) is 36.4 Å². The Kier molecular flexibility index (Phi) is 3.05. The molecule has 1 aromatic carbocycles. The first kappa shape index (κ1) is 13.8. The maximum atomic E-state index is 12.7. The number of amides is 1. The molecule has 0 unspecified atom stereocenters.